The van der Waals surface area contributed by atoms with E-state index in [0.717, 1.165) is 0 Å². The molecule has 0 radical (unpaired) electrons. The molecule has 56 valence electrons. The van der Waals surface area contributed by atoms with Crippen molar-refractivity contribution in [2.75, 3.05) is 13.3 Å². The van der Waals surface area contributed by atoms with Gasteiger partial charge in [0.15, 0.2) is 0 Å². The molecule has 0 heterocycles. The number of hydrogen-bond donors (Lipinski definition) is 2. The largest absolute Gasteiger partial charge is 0.398 e. The molecule has 0 aromatic heterocycles. The molecule has 0 aliphatic rings. The highest BCUT2D eigenvalue weighted by Crippen LogP contribution is 1.80. The molecular formula is C3H9NO4S. The standard InChI is InChI=1S/C3H9NO4S/c1-2-4-3-8-9(5,6)7/h4H,2-3H2,1H3,(H,5,6,7). The lowest BCUT2D eigenvalue weighted by atomic mass is 10.8. The van der Waals surface area contributed by atoms with E-state index in [1.807, 2.05) is 0 Å². The van der Waals surface area contributed by atoms with Crippen molar-refractivity contribution in [3.05, 3.63) is 0 Å². The Hall–Kier alpha value is -0.170. The minimum atomic E-state index is -4.26. The molecule has 0 rings (SSSR count). The van der Waals surface area contributed by atoms with Gasteiger partial charge in [0.1, 0.15) is 6.73 Å². The van der Waals surface area contributed by atoms with E-state index in [0.29, 0.717) is 6.54 Å². The molecular weight excluding hydrogens is 146 g/mol. The second-order valence-electron chi connectivity index (χ2n) is 1.29. The van der Waals surface area contributed by atoms with Gasteiger partial charge < -0.3 is 0 Å². The van der Waals surface area contributed by atoms with Gasteiger partial charge in [0.05, 0.1) is 0 Å². The van der Waals surface area contributed by atoms with Crippen LogP contribution in [0.15, 0.2) is 0 Å². The zero-order valence-corrected chi connectivity index (χ0v) is 5.81. The lowest BCUT2D eigenvalue weighted by molar-refractivity contribution is 0.249. The summed E-state index contributed by atoms with van der Waals surface area (Å²) in [5.74, 6) is 0. The van der Waals surface area contributed by atoms with Gasteiger partial charge in [0.25, 0.3) is 0 Å². The summed E-state index contributed by atoms with van der Waals surface area (Å²) in [5.41, 5.74) is 0. The van der Waals surface area contributed by atoms with Crippen LogP contribution >= 0.6 is 0 Å². The molecule has 0 atom stereocenters. The molecule has 0 bridgehead atoms. The van der Waals surface area contributed by atoms with Crippen LogP contribution in [0.4, 0.5) is 0 Å². The van der Waals surface area contributed by atoms with E-state index >= 15 is 0 Å². The van der Waals surface area contributed by atoms with E-state index < -0.39 is 10.4 Å². The minimum absolute atomic E-state index is 0.185. The molecule has 9 heavy (non-hydrogen) atoms. The van der Waals surface area contributed by atoms with Gasteiger partial charge in [0, 0.05) is 0 Å². The molecule has 0 aliphatic carbocycles. The molecule has 6 heteroatoms. The Labute approximate surface area is 54.0 Å². The molecule has 2 N–H and O–H groups in total. The van der Waals surface area contributed by atoms with Crippen LogP contribution in [0.2, 0.25) is 0 Å². The molecule has 0 saturated carbocycles. The maximum atomic E-state index is 9.80. The maximum Gasteiger partial charge on any atom is 0.398 e. The summed E-state index contributed by atoms with van der Waals surface area (Å²) in [7, 11) is -4.26. The quantitative estimate of drug-likeness (QED) is 0.321. The van der Waals surface area contributed by atoms with Crippen LogP contribution in [0.5, 0.6) is 0 Å². The lowest BCUT2D eigenvalue weighted by Crippen LogP contribution is -2.19. The van der Waals surface area contributed by atoms with E-state index in [-0.39, 0.29) is 6.73 Å². The Morgan fingerprint density at radius 2 is 2.22 bits per heavy atom. The summed E-state index contributed by atoms with van der Waals surface area (Å²) in [6.45, 7) is 2.19. The van der Waals surface area contributed by atoms with E-state index in [9.17, 15) is 8.42 Å². The van der Waals surface area contributed by atoms with E-state index in [1.165, 1.54) is 0 Å². The van der Waals surface area contributed by atoms with Gasteiger partial charge in [-0.15, -0.1) is 0 Å². The fourth-order valence-corrected chi connectivity index (χ4v) is 0.450. The second-order valence-corrected chi connectivity index (χ2v) is 2.38. The topological polar surface area (TPSA) is 75.6 Å². The van der Waals surface area contributed by atoms with E-state index in [2.05, 4.69) is 9.50 Å². The number of hydrogen-bond acceptors (Lipinski definition) is 4. The summed E-state index contributed by atoms with van der Waals surface area (Å²) in [5, 5.41) is 2.54. The highest BCUT2D eigenvalue weighted by molar-refractivity contribution is 7.80. The van der Waals surface area contributed by atoms with Crippen LogP contribution < -0.4 is 5.32 Å². The van der Waals surface area contributed by atoms with Gasteiger partial charge in [-0.05, 0) is 6.54 Å². The first-order valence-corrected chi connectivity index (χ1v) is 3.75. The van der Waals surface area contributed by atoms with Gasteiger partial charge in [-0.25, -0.2) is 4.18 Å². The van der Waals surface area contributed by atoms with Crippen LogP contribution in [0.3, 0.4) is 0 Å². The predicted octanol–water partition coefficient (Wildman–Crippen LogP) is -0.627. The third kappa shape index (κ3) is 7.83. The van der Waals surface area contributed by atoms with Gasteiger partial charge >= 0.3 is 10.4 Å². The Balaban J connectivity index is 3.30. The summed E-state index contributed by atoms with van der Waals surface area (Å²) in [6, 6.07) is 0. The Kier molecular flexibility index (Phi) is 3.71. The first kappa shape index (κ1) is 8.83. The first-order chi connectivity index (χ1) is 4.06. The molecule has 5 nitrogen and oxygen atoms in total. The summed E-state index contributed by atoms with van der Waals surface area (Å²) in [6.07, 6.45) is 0. The van der Waals surface area contributed by atoms with E-state index in [4.69, 9.17) is 4.55 Å². The molecule has 0 fully saturated rings. The van der Waals surface area contributed by atoms with Crippen molar-refractivity contribution in [2.45, 2.75) is 6.92 Å². The van der Waals surface area contributed by atoms with E-state index in [1.54, 1.807) is 6.92 Å². The minimum Gasteiger partial charge on any atom is -0.294 e. The Morgan fingerprint density at radius 3 is 2.56 bits per heavy atom. The van der Waals surface area contributed by atoms with Crippen molar-refractivity contribution < 1.29 is 17.2 Å². The lowest BCUT2D eigenvalue weighted by Gasteiger charge is -1.97. The van der Waals surface area contributed by atoms with Crippen LogP contribution in [0.1, 0.15) is 6.92 Å². The van der Waals surface area contributed by atoms with Crippen LogP contribution in [0.25, 0.3) is 0 Å². The van der Waals surface area contributed by atoms with Gasteiger partial charge in [-0.2, -0.15) is 8.42 Å². The monoisotopic (exact) mass is 155 g/mol. The fraction of sp³-hybridized carbons (Fsp3) is 1.00. The molecule has 0 aromatic carbocycles. The Bertz CT molecular complexity index is 151. The SMILES string of the molecule is CCNCOS(=O)(=O)O. The summed E-state index contributed by atoms with van der Waals surface area (Å²) < 4.78 is 31.4. The molecule has 0 aliphatic heterocycles. The Morgan fingerprint density at radius 1 is 1.67 bits per heavy atom. The van der Waals surface area contributed by atoms with Crippen molar-refractivity contribution >= 4 is 10.4 Å². The van der Waals surface area contributed by atoms with Gasteiger partial charge in [0.2, 0.25) is 0 Å². The average molecular weight is 155 g/mol. The van der Waals surface area contributed by atoms with Crippen molar-refractivity contribution in [3.63, 3.8) is 0 Å². The van der Waals surface area contributed by atoms with Crippen molar-refractivity contribution in [1.29, 1.82) is 0 Å². The third-order valence-corrected chi connectivity index (χ3v) is 0.976. The highest BCUT2D eigenvalue weighted by Gasteiger charge is 2.00. The number of nitrogens with one attached hydrogen (secondary N) is 1. The van der Waals surface area contributed by atoms with Crippen molar-refractivity contribution in [2.24, 2.45) is 0 Å². The van der Waals surface area contributed by atoms with Crippen LogP contribution in [-0.4, -0.2) is 26.2 Å². The molecule has 0 spiro atoms. The smallest absolute Gasteiger partial charge is 0.294 e. The number of rotatable bonds is 4. The van der Waals surface area contributed by atoms with Crippen molar-refractivity contribution in [1.82, 2.24) is 5.32 Å². The zero-order chi connectivity index (χ0) is 7.33. The molecule has 0 unspecified atom stereocenters. The normalized spacial score (nSPS) is 11.8. The predicted molar refractivity (Wildman–Crippen MR) is 31.2 cm³/mol. The fourth-order valence-electron chi connectivity index (χ4n) is 0.218. The average Bonchev–Trinajstić information content (AvgIpc) is 1.63. The molecule has 0 aromatic rings. The maximum absolute atomic E-state index is 9.80. The van der Waals surface area contributed by atoms with Gasteiger partial charge in [-0.1, -0.05) is 6.92 Å². The summed E-state index contributed by atoms with van der Waals surface area (Å²) >= 11 is 0. The highest BCUT2D eigenvalue weighted by atomic mass is 32.3. The van der Waals surface area contributed by atoms with Crippen LogP contribution in [0, 0.1) is 0 Å². The van der Waals surface area contributed by atoms with Gasteiger partial charge in [-0.3, -0.25) is 9.87 Å². The molecule has 0 amide bonds. The second kappa shape index (κ2) is 3.78. The summed E-state index contributed by atoms with van der Waals surface area (Å²) in [4.78, 5) is 0. The molecule has 0 saturated heterocycles. The third-order valence-electron chi connectivity index (χ3n) is 0.560. The van der Waals surface area contributed by atoms with Crippen molar-refractivity contribution in [3.8, 4) is 0 Å². The zero-order valence-electron chi connectivity index (χ0n) is 4.99. The van der Waals surface area contributed by atoms with Crippen LogP contribution in [-0.2, 0) is 14.6 Å². The first-order valence-electron chi connectivity index (χ1n) is 2.39.